The Hall–Kier alpha value is -3.15. The molecule has 0 saturated heterocycles. The summed E-state index contributed by atoms with van der Waals surface area (Å²) in [7, 11) is 0. The second kappa shape index (κ2) is 6.44. The van der Waals surface area contributed by atoms with Gasteiger partial charge in [0.2, 0.25) is 5.52 Å². The van der Waals surface area contributed by atoms with Crippen molar-refractivity contribution in [3.05, 3.63) is 77.9 Å². The fourth-order valence-corrected chi connectivity index (χ4v) is 4.45. The van der Waals surface area contributed by atoms with Gasteiger partial charge in [-0.1, -0.05) is 56.3 Å². The van der Waals surface area contributed by atoms with E-state index in [2.05, 4.69) is 0 Å². The Morgan fingerprint density at radius 3 is 2.24 bits per heavy atom. The van der Waals surface area contributed by atoms with Gasteiger partial charge in [0, 0.05) is 17.4 Å². The SMILES string of the molecule is CCc1cccc(CC)c1N1c2ccccc2-c2oc3ccccc3[n+]2[B-]1(F)F. The third-order valence-electron chi connectivity index (χ3n) is 5.77. The lowest BCUT2D eigenvalue weighted by Gasteiger charge is -2.40. The Labute approximate surface area is 168 Å². The molecule has 6 heteroatoms. The maximum Gasteiger partial charge on any atom is 0.740 e. The van der Waals surface area contributed by atoms with Crippen LogP contribution in [-0.4, -0.2) is 6.97 Å². The summed E-state index contributed by atoms with van der Waals surface area (Å²) in [6.07, 6.45) is 1.36. The van der Waals surface area contributed by atoms with Gasteiger partial charge in [0.1, 0.15) is 5.56 Å². The van der Waals surface area contributed by atoms with Crippen molar-refractivity contribution in [1.29, 1.82) is 0 Å². The van der Waals surface area contributed by atoms with Crippen LogP contribution in [0.1, 0.15) is 25.0 Å². The Morgan fingerprint density at radius 1 is 0.862 bits per heavy atom. The normalized spacial score (nSPS) is 14.7. The van der Waals surface area contributed by atoms with Crippen LogP contribution in [0.25, 0.3) is 22.6 Å². The van der Waals surface area contributed by atoms with Crippen LogP contribution >= 0.6 is 0 Å². The Kier molecular flexibility index (Phi) is 3.98. The van der Waals surface area contributed by atoms with Crippen LogP contribution in [0, 0.1) is 0 Å². The van der Waals surface area contributed by atoms with Crippen molar-refractivity contribution < 1.29 is 17.5 Å². The van der Waals surface area contributed by atoms with Crippen molar-refractivity contribution >= 4 is 29.4 Å². The van der Waals surface area contributed by atoms with Crippen LogP contribution in [0.2, 0.25) is 0 Å². The van der Waals surface area contributed by atoms with Crippen LogP contribution in [0.15, 0.2) is 71.1 Å². The largest absolute Gasteiger partial charge is 0.740 e. The van der Waals surface area contributed by atoms with Gasteiger partial charge in [0.05, 0.1) is 0 Å². The van der Waals surface area contributed by atoms with E-state index in [4.69, 9.17) is 4.42 Å². The van der Waals surface area contributed by atoms with E-state index >= 15 is 8.63 Å². The zero-order valence-corrected chi connectivity index (χ0v) is 16.4. The average molecular weight is 390 g/mol. The minimum absolute atomic E-state index is 0.204. The summed E-state index contributed by atoms with van der Waals surface area (Å²) < 4.78 is 39.6. The minimum atomic E-state index is -4.16. The highest BCUT2D eigenvalue weighted by atomic mass is 19.2. The van der Waals surface area contributed by atoms with E-state index in [1.807, 2.05) is 44.2 Å². The number of para-hydroxylation sites is 4. The molecule has 0 atom stereocenters. The van der Waals surface area contributed by atoms with E-state index in [0.29, 0.717) is 40.9 Å². The Morgan fingerprint density at radius 2 is 1.52 bits per heavy atom. The van der Waals surface area contributed by atoms with Crippen LogP contribution in [0.4, 0.5) is 20.0 Å². The number of hydrogen-bond donors (Lipinski definition) is 0. The van der Waals surface area contributed by atoms with Crippen LogP contribution in [-0.2, 0) is 12.8 Å². The third kappa shape index (κ3) is 2.45. The van der Waals surface area contributed by atoms with E-state index in [-0.39, 0.29) is 5.89 Å². The van der Waals surface area contributed by atoms with Gasteiger partial charge in [-0.2, -0.15) is 0 Å². The molecule has 0 amide bonds. The maximum atomic E-state index is 16.3. The monoisotopic (exact) mass is 390 g/mol. The average Bonchev–Trinajstić information content (AvgIpc) is 3.14. The molecule has 3 aromatic carbocycles. The summed E-state index contributed by atoms with van der Waals surface area (Å²) in [4.78, 5) is 1.25. The molecule has 29 heavy (non-hydrogen) atoms. The fraction of sp³-hybridized carbons (Fsp3) is 0.174. The van der Waals surface area contributed by atoms with Crippen molar-refractivity contribution in [3.63, 3.8) is 0 Å². The zero-order chi connectivity index (χ0) is 20.2. The predicted molar refractivity (Wildman–Crippen MR) is 113 cm³/mol. The lowest BCUT2D eigenvalue weighted by Crippen LogP contribution is -2.70. The molecule has 4 aromatic rings. The molecule has 0 unspecified atom stereocenters. The molecule has 0 fully saturated rings. The lowest BCUT2D eigenvalue weighted by atomic mass is 9.83. The maximum absolute atomic E-state index is 16.3. The van der Waals surface area contributed by atoms with Gasteiger partial charge in [-0.05, 0) is 42.2 Å². The number of anilines is 2. The number of fused-ring (bicyclic) bond motifs is 5. The molecular formula is C23H21BF2N2O. The molecule has 5 rings (SSSR count). The Bertz CT molecular complexity index is 1210. The molecule has 0 bridgehead atoms. The van der Waals surface area contributed by atoms with Crippen LogP contribution in [0.3, 0.4) is 0 Å². The van der Waals surface area contributed by atoms with E-state index in [1.54, 1.807) is 36.4 Å². The second-order valence-electron chi connectivity index (χ2n) is 7.35. The molecule has 0 aliphatic carbocycles. The van der Waals surface area contributed by atoms with Crippen molar-refractivity contribution in [2.24, 2.45) is 0 Å². The standard InChI is InChI=1S/C23H21BF2N2O/c1-3-16-10-9-11-17(4-2)22(16)27-19-13-6-5-12-18(19)23-28(24(27,25)26)20-14-7-8-15-21(20)29-23/h5-15H,3-4H2,1-2H3. The molecule has 1 aliphatic heterocycles. The number of benzene rings is 3. The molecule has 1 aliphatic rings. The van der Waals surface area contributed by atoms with Gasteiger partial charge in [-0.15, -0.1) is 0 Å². The number of oxazole rings is 1. The van der Waals surface area contributed by atoms with E-state index in [9.17, 15) is 0 Å². The summed E-state index contributed by atoms with van der Waals surface area (Å²) in [5.41, 5.74) is 4.45. The lowest BCUT2D eigenvalue weighted by molar-refractivity contribution is -0.531. The number of halogens is 2. The Balaban J connectivity index is 1.90. The number of aromatic nitrogens is 1. The first-order valence-electron chi connectivity index (χ1n) is 10.0. The predicted octanol–water partition coefficient (Wildman–Crippen LogP) is 5.89. The van der Waals surface area contributed by atoms with Gasteiger partial charge in [-0.25, -0.2) is 0 Å². The summed E-state index contributed by atoms with van der Waals surface area (Å²) in [6.45, 7) is -0.153. The molecular weight excluding hydrogens is 369 g/mol. The van der Waals surface area contributed by atoms with E-state index in [0.717, 1.165) is 15.6 Å². The molecule has 0 radical (unpaired) electrons. The molecule has 1 aromatic heterocycles. The molecule has 0 saturated carbocycles. The van der Waals surface area contributed by atoms with E-state index in [1.165, 1.54) is 4.81 Å². The second-order valence-corrected chi connectivity index (χ2v) is 7.35. The topological polar surface area (TPSA) is 20.3 Å². The van der Waals surface area contributed by atoms with Gasteiger partial charge in [0.15, 0.2) is 5.58 Å². The smallest absolute Gasteiger partial charge is 0.401 e. The summed E-state index contributed by atoms with van der Waals surface area (Å²) in [5, 5.41) is 0. The summed E-state index contributed by atoms with van der Waals surface area (Å²) in [5.74, 6) is 0.204. The first kappa shape index (κ1) is 17.9. The molecule has 2 heterocycles. The van der Waals surface area contributed by atoms with Crippen molar-refractivity contribution in [1.82, 2.24) is 0 Å². The molecule has 0 N–H and O–H groups in total. The minimum Gasteiger partial charge on any atom is -0.401 e. The van der Waals surface area contributed by atoms with Gasteiger partial charge < -0.3 is 17.9 Å². The number of rotatable bonds is 3. The highest BCUT2D eigenvalue weighted by molar-refractivity contribution is 6.65. The zero-order valence-electron chi connectivity index (χ0n) is 16.4. The first-order valence-corrected chi connectivity index (χ1v) is 10.0. The number of nitrogens with zero attached hydrogens (tertiary/aromatic N) is 2. The molecule has 3 nitrogen and oxygen atoms in total. The number of hydrogen-bond acceptors (Lipinski definition) is 2. The fourth-order valence-electron chi connectivity index (χ4n) is 4.45. The summed E-state index contributed by atoms with van der Waals surface area (Å²) >= 11 is 0. The van der Waals surface area contributed by atoms with Crippen molar-refractivity contribution in [2.45, 2.75) is 26.7 Å². The quantitative estimate of drug-likeness (QED) is 0.407. The highest BCUT2D eigenvalue weighted by Gasteiger charge is 2.57. The molecule has 146 valence electrons. The highest BCUT2D eigenvalue weighted by Crippen LogP contribution is 2.45. The van der Waals surface area contributed by atoms with Crippen LogP contribution in [0.5, 0.6) is 0 Å². The summed E-state index contributed by atoms with van der Waals surface area (Å²) in [6, 6.07) is 20.1. The third-order valence-corrected chi connectivity index (χ3v) is 5.77. The van der Waals surface area contributed by atoms with Crippen molar-refractivity contribution in [2.75, 3.05) is 4.81 Å². The number of aryl methyl sites for hydroxylation is 2. The van der Waals surface area contributed by atoms with Gasteiger partial charge >= 0.3 is 12.9 Å². The first-order chi connectivity index (χ1) is 14.1. The molecule has 0 spiro atoms. The van der Waals surface area contributed by atoms with Gasteiger partial charge in [-0.3, -0.25) is 4.48 Å². The van der Waals surface area contributed by atoms with Crippen LogP contribution < -0.4 is 9.29 Å². The van der Waals surface area contributed by atoms with Crippen molar-refractivity contribution in [3.8, 4) is 11.5 Å². The van der Waals surface area contributed by atoms with Gasteiger partial charge in [0.25, 0.3) is 0 Å². The van der Waals surface area contributed by atoms with E-state index < -0.39 is 6.97 Å².